The number of likely N-dealkylation sites (N-methyl/N-ethyl adjacent to an activating group) is 2. The third-order valence-corrected chi connectivity index (χ3v) is 3.76. The number of amides is 2. The molecule has 6 heteroatoms. The molecular formula is C16H19ClN2O3. The molecule has 1 heterocycles. The lowest BCUT2D eigenvalue weighted by Crippen LogP contribution is -2.40. The van der Waals surface area contributed by atoms with Gasteiger partial charge >= 0.3 is 0 Å². The van der Waals surface area contributed by atoms with Gasteiger partial charge in [0.2, 0.25) is 5.91 Å². The molecule has 0 radical (unpaired) electrons. The zero-order valence-electron chi connectivity index (χ0n) is 12.9. The molecular weight excluding hydrogens is 304 g/mol. The molecule has 0 aliphatic rings. The van der Waals surface area contributed by atoms with Crippen LogP contribution in [-0.4, -0.2) is 48.3 Å². The lowest BCUT2D eigenvalue weighted by atomic mass is 10.2. The minimum Gasteiger partial charge on any atom is -0.451 e. The van der Waals surface area contributed by atoms with Crippen LogP contribution in [0, 0.1) is 0 Å². The highest BCUT2D eigenvalue weighted by Gasteiger charge is 2.20. The van der Waals surface area contributed by atoms with Crippen LogP contribution >= 0.6 is 11.6 Å². The largest absolute Gasteiger partial charge is 0.451 e. The van der Waals surface area contributed by atoms with Gasteiger partial charge in [0.15, 0.2) is 5.76 Å². The van der Waals surface area contributed by atoms with E-state index in [0.717, 1.165) is 5.39 Å². The number of carbonyl (C=O) groups excluding carboxylic acids is 2. The van der Waals surface area contributed by atoms with Gasteiger partial charge in [0.05, 0.1) is 6.54 Å². The molecule has 118 valence electrons. The highest BCUT2D eigenvalue weighted by Crippen LogP contribution is 2.23. The van der Waals surface area contributed by atoms with Gasteiger partial charge in [-0.1, -0.05) is 11.6 Å². The van der Waals surface area contributed by atoms with E-state index in [0.29, 0.717) is 23.7 Å². The monoisotopic (exact) mass is 322 g/mol. The predicted molar refractivity (Wildman–Crippen MR) is 86.1 cm³/mol. The molecule has 0 saturated heterocycles. The number of halogens is 1. The van der Waals surface area contributed by atoms with Gasteiger partial charge in [-0.15, -0.1) is 0 Å². The second-order valence-corrected chi connectivity index (χ2v) is 5.46. The Kier molecular flexibility index (Phi) is 5.08. The van der Waals surface area contributed by atoms with Crippen molar-refractivity contribution in [1.82, 2.24) is 9.80 Å². The molecule has 0 unspecified atom stereocenters. The maximum atomic E-state index is 12.4. The summed E-state index contributed by atoms with van der Waals surface area (Å²) in [7, 11) is 1.59. The van der Waals surface area contributed by atoms with Crippen LogP contribution in [0.1, 0.15) is 24.4 Å². The predicted octanol–water partition coefficient (Wildman–Crippen LogP) is 3.03. The molecule has 0 saturated carbocycles. The summed E-state index contributed by atoms with van der Waals surface area (Å²) in [6, 6.07) is 6.80. The summed E-state index contributed by atoms with van der Waals surface area (Å²) < 4.78 is 5.53. The van der Waals surface area contributed by atoms with Crippen molar-refractivity contribution in [3.8, 4) is 0 Å². The second-order valence-electron chi connectivity index (χ2n) is 5.02. The molecule has 2 amide bonds. The molecule has 2 aromatic rings. The Hall–Kier alpha value is -2.01. The van der Waals surface area contributed by atoms with Gasteiger partial charge in [-0.25, -0.2) is 0 Å². The molecule has 1 aromatic heterocycles. The van der Waals surface area contributed by atoms with E-state index >= 15 is 0 Å². The van der Waals surface area contributed by atoms with E-state index in [4.69, 9.17) is 16.0 Å². The summed E-state index contributed by atoms with van der Waals surface area (Å²) >= 11 is 5.92. The van der Waals surface area contributed by atoms with Gasteiger partial charge in [-0.2, -0.15) is 0 Å². The SMILES string of the molecule is CCN(CC)C(=O)CN(C)C(=O)c1cc2cc(Cl)ccc2o1. The van der Waals surface area contributed by atoms with Crippen LogP contribution in [0.5, 0.6) is 0 Å². The van der Waals surface area contributed by atoms with E-state index in [1.54, 1.807) is 36.2 Å². The van der Waals surface area contributed by atoms with Crippen molar-refractivity contribution in [2.45, 2.75) is 13.8 Å². The van der Waals surface area contributed by atoms with Crippen molar-refractivity contribution < 1.29 is 14.0 Å². The van der Waals surface area contributed by atoms with Crippen molar-refractivity contribution in [3.63, 3.8) is 0 Å². The van der Waals surface area contributed by atoms with E-state index in [-0.39, 0.29) is 24.1 Å². The van der Waals surface area contributed by atoms with Crippen LogP contribution in [0.25, 0.3) is 11.0 Å². The highest BCUT2D eigenvalue weighted by molar-refractivity contribution is 6.31. The smallest absolute Gasteiger partial charge is 0.289 e. The first-order valence-electron chi connectivity index (χ1n) is 7.18. The number of furan rings is 1. The lowest BCUT2D eigenvalue weighted by Gasteiger charge is -2.22. The van der Waals surface area contributed by atoms with Crippen LogP contribution in [0.4, 0.5) is 0 Å². The van der Waals surface area contributed by atoms with Crippen LogP contribution in [0.2, 0.25) is 5.02 Å². The van der Waals surface area contributed by atoms with Crippen molar-refractivity contribution in [2.75, 3.05) is 26.7 Å². The average Bonchev–Trinajstić information content (AvgIpc) is 2.90. The molecule has 0 N–H and O–H groups in total. The van der Waals surface area contributed by atoms with Crippen molar-refractivity contribution >= 4 is 34.4 Å². The summed E-state index contributed by atoms with van der Waals surface area (Å²) in [4.78, 5) is 27.5. The summed E-state index contributed by atoms with van der Waals surface area (Å²) in [6.07, 6.45) is 0. The molecule has 2 rings (SSSR count). The summed E-state index contributed by atoms with van der Waals surface area (Å²) in [5.41, 5.74) is 0.594. The Morgan fingerprint density at radius 2 is 1.86 bits per heavy atom. The first-order valence-corrected chi connectivity index (χ1v) is 7.56. The van der Waals surface area contributed by atoms with Crippen LogP contribution in [-0.2, 0) is 4.79 Å². The first-order chi connectivity index (χ1) is 10.5. The topological polar surface area (TPSA) is 53.8 Å². The molecule has 0 spiro atoms. The Morgan fingerprint density at radius 1 is 1.18 bits per heavy atom. The van der Waals surface area contributed by atoms with Gasteiger partial charge in [0.25, 0.3) is 5.91 Å². The van der Waals surface area contributed by atoms with Crippen LogP contribution in [0.3, 0.4) is 0 Å². The standard InChI is InChI=1S/C16H19ClN2O3/c1-4-19(5-2)15(20)10-18(3)16(21)14-9-11-8-12(17)6-7-13(11)22-14/h6-9H,4-5,10H2,1-3H3. The van der Waals surface area contributed by atoms with Crippen molar-refractivity contribution in [2.24, 2.45) is 0 Å². The van der Waals surface area contributed by atoms with Gasteiger partial charge in [0.1, 0.15) is 5.58 Å². The average molecular weight is 323 g/mol. The molecule has 22 heavy (non-hydrogen) atoms. The number of fused-ring (bicyclic) bond motifs is 1. The van der Waals surface area contributed by atoms with Crippen molar-refractivity contribution in [3.05, 3.63) is 35.0 Å². The maximum absolute atomic E-state index is 12.4. The number of hydrogen-bond donors (Lipinski definition) is 0. The van der Waals surface area contributed by atoms with Gasteiger partial charge in [-0.3, -0.25) is 9.59 Å². The molecule has 1 aromatic carbocycles. The van der Waals surface area contributed by atoms with E-state index in [9.17, 15) is 9.59 Å². The normalized spacial score (nSPS) is 10.7. The molecule has 0 aliphatic heterocycles. The number of benzene rings is 1. The van der Waals surface area contributed by atoms with E-state index in [2.05, 4.69) is 0 Å². The number of rotatable bonds is 5. The third kappa shape index (κ3) is 3.42. The summed E-state index contributed by atoms with van der Waals surface area (Å²) in [5, 5.41) is 1.34. The summed E-state index contributed by atoms with van der Waals surface area (Å²) in [6.45, 7) is 5.09. The zero-order chi connectivity index (χ0) is 16.3. The molecule has 0 bridgehead atoms. The summed E-state index contributed by atoms with van der Waals surface area (Å²) in [5.74, 6) is -0.208. The maximum Gasteiger partial charge on any atom is 0.289 e. The number of hydrogen-bond acceptors (Lipinski definition) is 3. The van der Waals surface area contributed by atoms with E-state index in [1.807, 2.05) is 13.8 Å². The van der Waals surface area contributed by atoms with E-state index in [1.165, 1.54) is 4.90 Å². The Morgan fingerprint density at radius 3 is 2.50 bits per heavy atom. The van der Waals surface area contributed by atoms with Gasteiger partial charge in [-0.05, 0) is 38.1 Å². The molecule has 0 aliphatic carbocycles. The number of carbonyl (C=O) groups is 2. The highest BCUT2D eigenvalue weighted by atomic mass is 35.5. The van der Waals surface area contributed by atoms with Crippen LogP contribution < -0.4 is 0 Å². The molecule has 5 nitrogen and oxygen atoms in total. The minimum atomic E-state index is -0.326. The van der Waals surface area contributed by atoms with Crippen molar-refractivity contribution in [1.29, 1.82) is 0 Å². The molecule has 0 fully saturated rings. The zero-order valence-corrected chi connectivity index (χ0v) is 13.7. The Labute approximate surface area is 134 Å². The first kappa shape index (κ1) is 16.4. The number of nitrogens with zero attached hydrogens (tertiary/aromatic N) is 2. The van der Waals surface area contributed by atoms with E-state index < -0.39 is 0 Å². The van der Waals surface area contributed by atoms with Gasteiger partial charge < -0.3 is 14.2 Å². The second kappa shape index (κ2) is 6.83. The van der Waals surface area contributed by atoms with Crippen LogP contribution in [0.15, 0.2) is 28.7 Å². The quantitative estimate of drug-likeness (QED) is 0.850. The molecule has 0 atom stereocenters. The Balaban J connectivity index is 2.13. The fourth-order valence-electron chi connectivity index (χ4n) is 2.26. The fourth-order valence-corrected chi connectivity index (χ4v) is 2.44. The minimum absolute atomic E-state index is 0.0261. The lowest BCUT2D eigenvalue weighted by molar-refractivity contribution is -0.131. The fraction of sp³-hybridized carbons (Fsp3) is 0.375. The van der Waals surface area contributed by atoms with Gasteiger partial charge in [0, 0.05) is 30.5 Å². The Bertz CT molecular complexity index is 692. The third-order valence-electron chi connectivity index (χ3n) is 3.52.